The number of nitrogens with two attached hydrogens (primary N) is 1. The first-order chi connectivity index (χ1) is 8.38. The lowest BCUT2D eigenvalue weighted by molar-refractivity contribution is -0.118. The van der Waals surface area contributed by atoms with E-state index in [1.165, 1.54) is 13.2 Å². The molecular formula is C10H11Cl3N2O3. The van der Waals surface area contributed by atoms with Crippen molar-refractivity contribution in [2.24, 2.45) is 5.73 Å². The zero-order valence-electron chi connectivity index (χ0n) is 9.34. The quantitative estimate of drug-likeness (QED) is 0.588. The fourth-order valence-electron chi connectivity index (χ4n) is 1.17. The van der Waals surface area contributed by atoms with E-state index in [1.54, 1.807) is 0 Å². The van der Waals surface area contributed by atoms with Crippen LogP contribution in [0.4, 0.5) is 5.69 Å². The minimum absolute atomic E-state index is 0.0171. The molecule has 1 amide bonds. The number of nitrogens with one attached hydrogen (secondary N) is 1. The fourth-order valence-corrected chi connectivity index (χ4v) is 1.83. The van der Waals surface area contributed by atoms with Crippen LogP contribution in [0.1, 0.15) is 0 Å². The Morgan fingerprint density at radius 1 is 1.50 bits per heavy atom. The number of benzene rings is 1. The van der Waals surface area contributed by atoms with Crippen LogP contribution in [-0.2, 0) is 9.53 Å². The monoisotopic (exact) mass is 312 g/mol. The Morgan fingerprint density at radius 2 is 2.11 bits per heavy atom. The van der Waals surface area contributed by atoms with E-state index in [-0.39, 0.29) is 33.1 Å². The van der Waals surface area contributed by atoms with Crippen molar-refractivity contribution in [3.63, 3.8) is 0 Å². The number of anilines is 1. The third kappa shape index (κ3) is 3.40. The lowest BCUT2D eigenvalue weighted by atomic mass is 10.2. The van der Waals surface area contributed by atoms with Crippen molar-refractivity contribution in [3.05, 3.63) is 21.1 Å². The number of methoxy groups -OCH3 is 1. The van der Waals surface area contributed by atoms with Crippen LogP contribution in [-0.4, -0.2) is 30.8 Å². The van der Waals surface area contributed by atoms with Crippen LogP contribution in [0, 0.1) is 0 Å². The molecule has 0 aliphatic rings. The highest BCUT2D eigenvalue weighted by Crippen LogP contribution is 2.42. The van der Waals surface area contributed by atoms with Gasteiger partial charge in [-0.2, -0.15) is 0 Å². The molecule has 1 aromatic rings. The lowest BCUT2D eigenvalue weighted by Gasteiger charge is -2.14. The molecule has 100 valence electrons. The zero-order valence-corrected chi connectivity index (χ0v) is 11.6. The van der Waals surface area contributed by atoms with Gasteiger partial charge in [0.2, 0.25) is 5.91 Å². The maximum atomic E-state index is 11.7. The van der Waals surface area contributed by atoms with Gasteiger partial charge in [0.25, 0.3) is 0 Å². The van der Waals surface area contributed by atoms with E-state index in [0.717, 1.165) is 0 Å². The van der Waals surface area contributed by atoms with Gasteiger partial charge in [0.05, 0.1) is 21.7 Å². The van der Waals surface area contributed by atoms with E-state index in [1.807, 2.05) is 0 Å². The number of carbonyl (C=O) groups excluding carboxylic acids is 1. The number of phenols is 1. The topological polar surface area (TPSA) is 84.6 Å². The van der Waals surface area contributed by atoms with Crippen LogP contribution in [0.5, 0.6) is 5.75 Å². The number of halogens is 3. The van der Waals surface area contributed by atoms with Crippen molar-refractivity contribution in [2.45, 2.75) is 6.04 Å². The fraction of sp³-hybridized carbons (Fsp3) is 0.300. The highest BCUT2D eigenvalue weighted by molar-refractivity contribution is 6.46. The van der Waals surface area contributed by atoms with Gasteiger partial charge in [-0.15, -0.1) is 0 Å². The average molecular weight is 314 g/mol. The van der Waals surface area contributed by atoms with Crippen molar-refractivity contribution in [1.82, 2.24) is 0 Å². The van der Waals surface area contributed by atoms with Crippen LogP contribution in [0.15, 0.2) is 6.07 Å². The summed E-state index contributed by atoms with van der Waals surface area (Å²) in [6, 6.07) is 0.370. The first-order valence-electron chi connectivity index (χ1n) is 4.80. The van der Waals surface area contributed by atoms with Crippen LogP contribution in [0.25, 0.3) is 0 Å². The van der Waals surface area contributed by atoms with Crippen LogP contribution in [0.3, 0.4) is 0 Å². The Morgan fingerprint density at radius 3 is 2.67 bits per heavy atom. The second-order valence-electron chi connectivity index (χ2n) is 3.43. The zero-order chi connectivity index (χ0) is 13.9. The molecule has 0 aromatic heterocycles. The van der Waals surface area contributed by atoms with E-state index in [9.17, 15) is 9.90 Å². The summed E-state index contributed by atoms with van der Waals surface area (Å²) in [5.41, 5.74) is 5.45. The minimum Gasteiger partial charge on any atom is -0.504 e. The van der Waals surface area contributed by atoms with Crippen molar-refractivity contribution in [1.29, 1.82) is 0 Å². The second-order valence-corrected chi connectivity index (χ2v) is 4.62. The number of rotatable bonds is 4. The largest absolute Gasteiger partial charge is 0.504 e. The van der Waals surface area contributed by atoms with Crippen LogP contribution < -0.4 is 11.1 Å². The molecule has 0 radical (unpaired) electrons. The summed E-state index contributed by atoms with van der Waals surface area (Å²) < 4.78 is 4.74. The first-order valence-corrected chi connectivity index (χ1v) is 5.93. The standard InChI is InChI=1S/C10H11Cl3N2O3/c1-18-3-6(14)10(17)15-8-7(13)4(11)2-5(12)9(8)16/h2,6,16H,3,14H2,1H3,(H,15,17). The lowest BCUT2D eigenvalue weighted by Crippen LogP contribution is -2.39. The van der Waals surface area contributed by atoms with Gasteiger partial charge in [-0.05, 0) is 6.07 Å². The predicted octanol–water partition coefficient (Wildman–Crippen LogP) is 2.26. The summed E-state index contributed by atoms with van der Waals surface area (Å²) in [5.74, 6) is -0.948. The SMILES string of the molecule is COCC(N)C(=O)Nc1c(O)c(Cl)cc(Cl)c1Cl. The Hall–Kier alpha value is -0.720. The van der Waals surface area contributed by atoms with E-state index in [4.69, 9.17) is 45.3 Å². The maximum absolute atomic E-state index is 11.7. The molecule has 5 nitrogen and oxygen atoms in total. The second kappa shape index (κ2) is 6.45. The van der Waals surface area contributed by atoms with Gasteiger partial charge < -0.3 is 20.9 Å². The van der Waals surface area contributed by atoms with Gasteiger partial charge in [-0.3, -0.25) is 4.79 Å². The normalized spacial score (nSPS) is 12.3. The van der Waals surface area contributed by atoms with Gasteiger partial charge in [-0.25, -0.2) is 0 Å². The van der Waals surface area contributed by atoms with Crippen LogP contribution >= 0.6 is 34.8 Å². The van der Waals surface area contributed by atoms with E-state index < -0.39 is 11.9 Å². The van der Waals surface area contributed by atoms with Crippen molar-refractivity contribution >= 4 is 46.4 Å². The molecule has 18 heavy (non-hydrogen) atoms. The molecule has 1 aromatic carbocycles. The number of hydrogen-bond donors (Lipinski definition) is 3. The maximum Gasteiger partial charge on any atom is 0.243 e. The molecule has 0 saturated heterocycles. The van der Waals surface area contributed by atoms with Gasteiger partial charge >= 0.3 is 0 Å². The third-order valence-electron chi connectivity index (χ3n) is 2.08. The van der Waals surface area contributed by atoms with E-state index in [2.05, 4.69) is 5.32 Å². The Balaban J connectivity index is 3.01. The molecule has 1 unspecified atom stereocenters. The number of amides is 1. The highest BCUT2D eigenvalue weighted by atomic mass is 35.5. The van der Waals surface area contributed by atoms with Crippen molar-refractivity contribution in [2.75, 3.05) is 19.0 Å². The molecule has 1 atom stereocenters. The first kappa shape index (κ1) is 15.3. The molecular weight excluding hydrogens is 302 g/mol. The summed E-state index contributed by atoms with van der Waals surface area (Å²) in [6.07, 6.45) is 0. The van der Waals surface area contributed by atoms with Gasteiger partial charge in [-0.1, -0.05) is 34.8 Å². The highest BCUT2D eigenvalue weighted by Gasteiger charge is 2.20. The molecule has 0 aliphatic carbocycles. The predicted molar refractivity (Wildman–Crippen MR) is 71.6 cm³/mol. The van der Waals surface area contributed by atoms with Crippen molar-refractivity contribution < 1.29 is 14.6 Å². The molecule has 4 N–H and O–H groups in total. The number of ether oxygens (including phenoxy) is 1. The smallest absolute Gasteiger partial charge is 0.243 e. The van der Waals surface area contributed by atoms with E-state index >= 15 is 0 Å². The summed E-state index contributed by atoms with van der Waals surface area (Å²) in [4.78, 5) is 11.7. The molecule has 0 heterocycles. The van der Waals surface area contributed by atoms with Gasteiger partial charge in [0.15, 0.2) is 5.75 Å². The minimum atomic E-state index is -0.900. The molecule has 0 bridgehead atoms. The average Bonchev–Trinajstić information content (AvgIpc) is 2.32. The molecule has 0 spiro atoms. The van der Waals surface area contributed by atoms with E-state index in [0.29, 0.717) is 0 Å². The summed E-state index contributed by atoms with van der Waals surface area (Å²) in [6.45, 7) is 0.0263. The Labute approximate surface area is 119 Å². The van der Waals surface area contributed by atoms with Crippen molar-refractivity contribution in [3.8, 4) is 5.75 Å². The Bertz CT molecular complexity index is 442. The third-order valence-corrected chi connectivity index (χ3v) is 3.15. The summed E-state index contributed by atoms with van der Waals surface area (Å²) >= 11 is 17.4. The van der Waals surface area contributed by atoms with Crippen LogP contribution in [0.2, 0.25) is 15.1 Å². The molecule has 8 heteroatoms. The molecule has 0 aliphatic heterocycles. The molecule has 1 rings (SSSR count). The number of phenolic OH excluding ortho intramolecular Hbond substituents is 1. The summed E-state index contributed by atoms with van der Waals surface area (Å²) in [5, 5.41) is 12.1. The summed E-state index contributed by atoms with van der Waals surface area (Å²) in [7, 11) is 1.41. The number of aromatic hydroxyl groups is 1. The number of carbonyl (C=O) groups is 1. The molecule has 0 fully saturated rings. The van der Waals surface area contributed by atoms with Gasteiger partial charge in [0.1, 0.15) is 11.7 Å². The number of hydrogen-bond acceptors (Lipinski definition) is 4. The Kier molecular flexibility index (Phi) is 5.49. The molecule has 0 saturated carbocycles. The van der Waals surface area contributed by atoms with Gasteiger partial charge in [0, 0.05) is 7.11 Å².